The van der Waals surface area contributed by atoms with Gasteiger partial charge in [0.1, 0.15) is 10.9 Å². The fraction of sp³-hybridized carbons (Fsp3) is 0.423. The first-order valence-corrected chi connectivity index (χ1v) is 16.3. The smallest absolute Gasteiger partial charge is 0.310 e. The van der Waals surface area contributed by atoms with E-state index < -0.39 is 49.0 Å². The van der Waals surface area contributed by atoms with Gasteiger partial charge in [-0.05, 0) is 67.5 Å². The maximum Gasteiger partial charge on any atom is 0.310 e. The Morgan fingerprint density at radius 1 is 1.00 bits per heavy atom. The minimum Gasteiger partial charge on any atom is -0.347 e. The van der Waals surface area contributed by atoms with Crippen molar-refractivity contribution in [2.45, 2.75) is 47.6 Å². The maximum absolute atomic E-state index is 13.4. The van der Waals surface area contributed by atoms with E-state index in [9.17, 15) is 37.4 Å². The van der Waals surface area contributed by atoms with E-state index >= 15 is 0 Å². The van der Waals surface area contributed by atoms with Crippen LogP contribution in [0.4, 0.5) is 19.4 Å². The Bertz CT molecular complexity index is 1540. The number of amides is 2. The van der Waals surface area contributed by atoms with Gasteiger partial charge < -0.3 is 10.2 Å². The molecule has 0 aromatic heterocycles. The lowest BCUT2D eigenvalue weighted by Crippen LogP contribution is -2.49. The Labute approximate surface area is 233 Å². The molecule has 2 aromatic carbocycles. The molecule has 2 saturated heterocycles. The first kappa shape index (κ1) is 29.3. The van der Waals surface area contributed by atoms with Crippen LogP contribution in [0.2, 0.25) is 0 Å². The highest BCUT2D eigenvalue weighted by molar-refractivity contribution is 8.45. The molecule has 2 amide bonds. The minimum absolute atomic E-state index is 0.0634. The van der Waals surface area contributed by atoms with Crippen LogP contribution in [-0.4, -0.2) is 55.1 Å². The summed E-state index contributed by atoms with van der Waals surface area (Å²) in [7, 11) is -13.7. The SMILES string of the molecule is N#CC1CN(S(=O)(=O)c2cccc(C(=O)N3CCC[C@@H]3C(=O)NC(c3ccc(S(F)(F)(F)(F)F)cc3)C3CC3)c2)C1. The summed E-state index contributed by atoms with van der Waals surface area (Å²) >= 11 is 0. The van der Waals surface area contributed by atoms with Crippen LogP contribution >= 0.6 is 10.2 Å². The molecular weight excluding hydrogens is 591 g/mol. The van der Waals surface area contributed by atoms with Crippen molar-refractivity contribution in [3.63, 3.8) is 0 Å². The predicted molar refractivity (Wildman–Crippen MR) is 140 cm³/mol. The van der Waals surface area contributed by atoms with Crippen molar-refractivity contribution < 1.29 is 37.4 Å². The third-order valence-corrected chi connectivity index (χ3v) is 10.6. The van der Waals surface area contributed by atoms with Crippen LogP contribution in [0.25, 0.3) is 0 Å². The van der Waals surface area contributed by atoms with Gasteiger partial charge in [-0.3, -0.25) is 9.59 Å². The quantitative estimate of drug-likeness (QED) is 0.401. The highest BCUT2D eigenvalue weighted by Crippen LogP contribution is 3.02. The van der Waals surface area contributed by atoms with Gasteiger partial charge in [-0.15, -0.1) is 0 Å². The average molecular weight is 619 g/mol. The number of likely N-dealkylation sites (tertiary alicyclic amines) is 1. The zero-order chi connectivity index (χ0) is 29.9. The zero-order valence-electron chi connectivity index (χ0n) is 21.6. The monoisotopic (exact) mass is 618 g/mol. The van der Waals surface area contributed by atoms with Crippen LogP contribution in [-0.2, 0) is 14.8 Å². The van der Waals surface area contributed by atoms with E-state index in [2.05, 4.69) is 5.32 Å². The lowest BCUT2D eigenvalue weighted by Gasteiger charge is -2.40. The van der Waals surface area contributed by atoms with E-state index in [0.717, 1.165) is 16.4 Å². The molecule has 41 heavy (non-hydrogen) atoms. The third-order valence-electron chi connectivity index (χ3n) is 7.64. The number of sulfonamides is 1. The zero-order valence-corrected chi connectivity index (χ0v) is 23.2. The van der Waals surface area contributed by atoms with Crippen LogP contribution in [0.15, 0.2) is 58.3 Å². The van der Waals surface area contributed by atoms with Crippen molar-refractivity contribution in [2.24, 2.45) is 11.8 Å². The van der Waals surface area contributed by atoms with Gasteiger partial charge in [0, 0.05) is 25.2 Å². The molecule has 0 bridgehead atoms. The number of carbonyl (C=O) groups excluding carboxylic acids is 2. The highest BCUT2D eigenvalue weighted by atomic mass is 32.5. The molecule has 1 saturated carbocycles. The molecule has 2 atom stereocenters. The largest absolute Gasteiger partial charge is 0.347 e. The summed E-state index contributed by atoms with van der Waals surface area (Å²) in [4.78, 5) is 26.0. The second kappa shape index (κ2) is 9.40. The number of rotatable bonds is 8. The Balaban J connectivity index is 1.31. The molecule has 2 aliphatic heterocycles. The van der Waals surface area contributed by atoms with Crippen LogP contribution in [0.5, 0.6) is 0 Å². The summed E-state index contributed by atoms with van der Waals surface area (Å²) in [5, 5.41) is 11.7. The first-order valence-electron chi connectivity index (χ1n) is 12.9. The number of nitrogens with one attached hydrogen (secondary N) is 1. The second-order valence-electron chi connectivity index (χ2n) is 10.7. The van der Waals surface area contributed by atoms with Gasteiger partial charge in [0.2, 0.25) is 15.9 Å². The molecule has 3 fully saturated rings. The number of halogens is 5. The Morgan fingerprint density at radius 2 is 1.66 bits per heavy atom. The summed E-state index contributed by atoms with van der Waals surface area (Å²) in [6.45, 7) is 0.364. The fourth-order valence-electron chi connectivity index (χ4n) is 5.19. The van der Waals surface area contributed by atoms with Gasteiger partial charge >= 0.3 is 10.2 Å². The topological polar surface area (TPSA) is 111 Å². The van der Waals surface area contributed by atoms with Crippen LogP contribution < -0.4 is 5.32 Å². The van der Waals surface area contributed by atoms with E-state index in [1.807, 2.05) is 6.07 Å². The summed E-state index contributed by atoms with van der Waals surface area (Å²) in [5.74, 6) is -1.56. The van der Waals surface area contributed by atoms with Crippen LogP contribution in [0.3, 0.4) is 0 Å². The lowest BCUT2D eigenvalue weighted by molar-refractivity contribution is -0.125. The standard InChI is InChI=1S/C26H27F5N4O4S2/c27-41(28,29,30,31)22-10-8-19(9-11-22)24(18-6-7-18)33-25(36)23-5-2-12-35(23)26(37)20-3-1-4-21(13-20)40(38,39)34-15-17(14-32)16-34/h1,3-4,8-11,13,17-18,23-24H,2,5-7,12,15-16H2,(H,33,36)/t23-,24?/m1/s1. The Hall–Kier alpha value is -3.22. The van der Waals surface area contributed by atoms with Crippen molar-refractivity contribution in [2.75, 3.05) is 19.6 Å². The van der Waals surface area contributed by atoms with Gasteiger partial charge in [-0.1, -0.05) is 37.6 Å². The number of hydrogen-bond acceptors (Lipinski definition) is 5. The molecule has 2 heterocycles. The third kappa shape index (κ3) is 6.05. The Morgan fingerprint density at radius 3 is 2.24 bits per heavy atom. The number of benzene rings is 2. The molecule has 0 radical (unpaired) electrons. The van der Waals surface area contributed by atoms with Gasteiger partial charge in [0.05, 0.1) is 22.9 Å². The van der Waals surface area contributed by atoms with Crippen molar-refractivity contribution >= 4 is 32.1 Å². The van der Waals surface area contributed by atoms with E-state index in [0.29, 0.717) is 37.8 Å². The minimum atomic E-state index is -9.84. The van der Waals surface area contributed by atoms with Crippen LogP contribution in [0.1, 0.15) is 47.6 Å². The maximum atomic E-state index is 13.4. The molecule has 5 rings (SSSR count). The van der Waals surface area contributed by atoms with E-state index in [4.69, 9.17) is 5.26 Å². The molecule has 222 valence electrons. The molecule has 15 heteroatoms. The van der Waals surface area contributed by atoms with E-state index in [1.165, 1.54) is 29.2 Å². The van der Waals surface area contributed by atoms with Crippen molar-refractivity contribution in [1.82, 2.24) is 14.5 Å². The first-order chi connectivity index (χ1) is 19.0. The molecular formula is C26H27F5N4O4S2. The van der Waals surface area contributed by atoms with Gasteiger partial charge in [0.15, 0.2) is 0 Å². The van der Waals surface area contributed by atoms with Crippen LogP contribution in [0, 0.1) is 23.2 Å². The second-order valence-corrected chi connectivity index (χ2v) is 15.0. The molecule has 1 N–H and O–H groups in total. The molecule has 0 spiro atoms. The highest BCUT2D eigenvalue weighted by Gasteiger charge is 2.65. The van der Waals surface area contributed by atoms with Crippen molar-refractivity contribution in [3.8, 4) is 6.07 Å². The fourth-order valence-corrected chi connectivity index (χ4v) is 7.41. The molecule has 1 unspecified atom stereocenters. The summed E-state index contributed by atoms with van der Waals surface area (Å²) in [6.07, 6.45) is 2.20. The lowest BCUT2D eigenvalue weighted by atomic mass is 10.0. The summed E-state index contributed by atoms with van der Waals surface area (Å²) in [5.41, 5.74) is 0.318. The normalized spacial score (nSPS) is 22.6. The molecule has 8 nitrogen and oxygen atoms in total. The van der Waals surface area contributed by atoms with Gasteiger partial charge in [0.25, 0.3) is 5.91 Å². The number of hydrogen-bond donors (Lipinski definition) is 1. The summed E-state index contributed by atoms with van der Waals surface area (Å²) < 4.78 is 92.7. The summed E-state index contributed by atoms with van der Waals surface area (Å²) in [6, 6.07) is 8.37. The number of nitrogens with zero attached hydrogens (tertiary/aromatic N) is 3. The molecule has 2 aromatic rings. The predicted octanol–water partition coefficient (Wildman–Crippen LogP) is 5.36. The Kier molecular flexibility index (Phi) is 6.71. The van der Waals surface area contributed by atoms with Gasteiger partial charge in [-0.2, -0.15) is 9.57 Å². The average Bonchev–Trinajstić information content (AvgIpc) is 3.59. The van der Waals surface area contributed by atoms with Crippen molar-refractivity contribution in [3.05, 3.63) is 59.7 Å². The van der Waals surface area contributed by atoms with Gasteiger partial charge in [-0.25, -0.2) is 8.42 Å². The molecule has 3 aliphatic rings. The number of carbonyl (C=O) groups is 2. The number of nitriles is 1. The van der Waals surface area contributed by atoms with E-state index in [1.54, 1.807) is 0 Å². The molecule has 1 aliphatic carbocycles. The van der Waals surface area contributed by atoms with Crippen molar-refractivity contribution in [1.29, 1.82) is 5.26 Å². The van der Waals surface area contributed by atoms with E-state index in [-0.39, 0.29) is 47.5 Å².